The summed E-state index contributed by atoms with van der Waals surface area (Å²) in [5.74, 6) is 0.466. The van der Waals surface area contributed by atoms with Crippen LogP contribution in [0.1, 0.15) is 12.5 Å². The predicted molar refractivity (Wildman–Crippen MR) is 111 cm³/mol. The summed E-state index contributed by atoms with van der Waals surface area (Å²) < 4.78 is 22.2. The Hall–Kier alpha value is -4.26. The fourth-order valence-corrected chi connectivity index (χ4v) is 3.00. The van der Waals surface area contributed by atoms with Gasteiger partial charge in [-0.1, -0.05) is 6.07 Å². The van der Waals surface area contributed by atoms with Gasteiger partial charge < -0.3 is 10.1 Å². The normalized spacial score (nSPS) is 11.7. The molecule has 0 amide bonds. The summed E-state index contributed by atoms with van der Waals surface area (Å²) in [6.45, 7) is 2.17. The Balaban J connectivity index is 1.50. The molecule has 1 aromatic carbocycles. The minimum absolute atomic E-state index is 0.330. The van der Waals surface area contributed by atoms with Gasteiger partial charge in [-0.15, -0.1) is 0 Å². The largest absolute Gasteiger partial charge is 0.487 e. The molecule has 4 rings (SSSR count). The van der Waals surface area contributed by atoms with Crippen molar-refractivity contribution in [3.63, 3.8) is 0 Å². The molecule has 9 nitrogen and oxygen atoms in total. The van der Waals surface area contributed by atoms with Gasteiger partial charge in [0.1, 0.15) is 17.9 Å². The van der Waals surface area contributed by atoms with Gasteiger partial charge in [0, 0.05) is 31.2 Å². The Morgan fingerprint density at radius 3 is 2.58 bits per heavy atom. The van der Waals surface area contributed by atoms with E-state index in [0.717, 1.165) is 23.0 Å². The molecule has 0 spiro atoms. The summed E-state index contributed by atoms with van der Waals surface area (Å²) in [5.41, 5.74) is 2.76. The van der Waals surface area contributed by atoms with Crippen molar-refractivity contribution in [1.29, 1.82) is 5.26 Å². The van der Waals surface area contributed by atoms with Crippen LogP contribution in [-0.4, -0.2) is 35.6 Å². The van der Waals surface area contributed by atoms with Crippen molar-refractivity contribution in [1.82, 2.24) is 29.5 Å². The number of ether oxygens (including phenoxy) is 1. The fourth-order valence-electron chi connectivity index (χ4n) is 3.00. The number of aryl methyl sites for hydroxylation is 1. The van der Waals surface area contributed by atoms with E-state index in [0.29, 0.717) is 23.8 Å². The number of benzene rings is 1. The molecule has 3 heterocycles. The third-order valence-electron chi connectivity index (χ3n) is 4.42. The second-order valence-electron chi connectivity index (χ2n) is 6.95. The van der Waals surface area contributed by atoms with Crippen molar-refractivity contribution < 1.29 is 9.13 Å². The molecule has 1 unspecified atom stereocenters. The zero-order valence-corrected chi connectivity index (χ0v) is 16.9. The summed E-state index contributed by atoms with van der Waals surface area (Å²) in [7, 11) is 1.83. The van der Waals surface area contributed by atoms with Crippen LogP contribution >= 0.6 is 0 Å². The summed E-state index contributed by atoms with van der Waals surface area (Å²) in [4.78, 5) is 8.68. The van der Waals surface area contributed by atoms with Crippen molar-refractivity contribution in [2.45, 2.75) is 19.6 Å². The van der Waals surface area contributed by atoms with Gasteiger partial charge >= 0.3 is 0 Å². The second kappa shape index (κ2) is 8.62. The van der Waals surface area contributed by atoms with E-state index in [9.17, 15) is 9.65 Å². The first-order valence-corrected chi connectivity index (χ1v) is 9.47. The smallest absolute Gasteiger partial charge is 0.227 e. The molecule has 0 aliphatic rings. The van der Waals surface area contributed by atoms with E-state index in [1.165, 1.54) is 10.9 Å². The van der Waals surface area contributed by atoms with Gasteiger partial charge in [0.05, 0.1) is 36.4 Å². The number of anilines is 2. The van der Waals surface area contributed by atoms with Crippen LogP contribution < -0.4 is 10.1 Å². The van der Waals surface area contributed by atoms with Crippen LogP contribution in [0.2, 0.25) is 0 Å². The molecular formula is C21H19FN8O. The molecular weight excluding hydrogens is 399 g/mol. The van der Waals surface area contributed by atoms with Crippen molar-refractivity contribution in [2.75, 3.05) is 5.32 Å². The standard InChI is InChI=1S/C21H19FN8O/c1-14(11-30-12-18(22)9-27-30)31-20-5-15(3-4-16(20)6-23)17-7-24-21(25-8-17)28-19-10-26-29(2)13-19/h3-5,7-10,12-14H,11H2,1-2H3,(H,24,25,28). The molecule has 0 radical (unpaired) electrons. The van der Waals surface area contributed by atoms with Crippen molar-refractivity contribution >= 4 is 11.6 Å². The zero-order valence-electron chi connectivity index (χ0n) is 16.9. The van der Waals surface area contributed by atoms with Gasteiger partial charge in [-0.25, -0.2) is 14.4 Å². The van der Waals surface area contributed by atoms with E-state index in [2.05, 4.69) is 31.6 Å². The number of halogens is 1. The van der Waals surface area contributed by atoms with Gasteiger partial charge in [0.15, 0.2) is 5.82 Å². The lowest BCUT2D eigenvalue weighted by molar-refractivity contribution is 0.193. The van der Waals surface area contributed by atoms with Gasteiger partial charge in [-0.2, -0.15) is 15.5 Å². The van der Waals surface area contributed by atoms with Crippen molar-refractivity contribution in [2.24, 2.45) is 7.05 Å². The number of hydrogen-bond acceptors (Lipinski definition) is 7. The first-order chi connectivity index (χ1) is 15.0. The minimum Gasteiger partial charge on any atom is -0.487 e. The third kappa shape index (κ3) is 4.84. The van der Waals surface area contributed by atoms with Crippen LogP contribution in [0.4, 0.5) is 16.0 Å². The topological polar surface area (TPSA) is 106 Å². The maximum Gasteiger partial charge on any atom is 0.227 e. The highest BCUT2D eigenvalue weighted by atomic mass is 19.1. The molecule has 0 saturated heterocycles. The predicted octanol–water partition coefficient (Wildman–Crippen LogP) is 3.30. The average Bonchev–Trinajstić information content (AvgIpc) is 3.35. The van der Waals surface area contributed by atoms with Crippen molar-refractivity contribution in [3.8, 4) is 22.9 Å². The zero-order chi connectivity index (χ0) is 21.8. The second-order valence-corrected chi connectivity index (χ2v) is 6.95. The fraction of sp³-hybridized carbons (Fsp3) is 0.190. The SMILES string of the molecule is CC(Cn1cc(F)cn1)Oc1cc(-c2cnc(Nc3cnn(C)c3)nc2)ccc1C#N. The van der Waals surface area contributed by atoms with E-state index < -0.39 is 5.82 Å². The van der Waals surface area contributed by atoms with Crippen LogP contribution in [0, 0.1) is 17.1 Å². The number of aromatic nitrogens is 6. The van der Waals surface area contributed by atoms with Crippen LogP contribution in [-0.2, 0) is 13.6 Å². The maximum atomic E-state index is 13.1. The molecule has 156 valence electrons. The summed E-state index contributed by atoms with van der Waals surface area (Å²) in [6, 6.07) is 7.40. The number of nitrogens with one attached hydrogen (secondary N) is 1. The van der Waals surface area contributed by atoms with Gasteiger partial charge in [0.2, 0.25) is 5.95 Å². The monoisotopic (exact) mass is 418 g/mol. The molecule has 1 N–H and O–H groups in total. The Bertz CT molecular complexity index is 1220. The highest BCUT2D eigenvalue weighted by Gasteiger charge is 2.12. The van der Waals surface area contributed by atoms with Gasteiger partial charge in [-0.05, 0) is 24.6 Å². The lowest BCUT2D eigenvalue weighted by atomic mass is 10.1. The summed E-state index contributed by atoms with van der Waals surface area (Å²) in [6.07, 6.45) is 8.98. The number of nitriles is 1. The summed E-state index contributed by atoms with van der Waals surface area (Å²) in [5, 5.41) is 20.5. The molecule has 0 fully saturated rings. The van der Waals surface area contributed by atoms with Crippen molar-refractivity contribution in [3.05, 3.63) is 66.8 Å². The quantitative estimate of drug-likeness (QED) is 0.491. The van der Waals surface area contributed by atoms with Crippen LogP contribution in [0.5, 0.6) is 5.75 Å². The third-order valence-corrected chi connectivity index (χ3v) is 4.42. The molecule has 1 atom stereocenters. The molecule has 4 aromatic rings. The number of nitrogens with zero attached hydrogens (tertiary/aromatic N) is 7. The molecule has 0 aliphatic carbocycles. The lowest BCUT2D eigenvalue weighted by Crippen LogP contribution is -2.20. The van der Waals surface area contributed by atoms with E-state index in [1.54, 1.807) is 35.4 Å². The Kier molecular flexibility index (Phi) is 5.57. The molecule has 0 saturated carbocycles. The van der Waals surface area contributed by atoms with E-state index in [-0.39, 0.29) is 6.10 Å². The molecule has 3 aromatic heterocycles. The Morgan fingerprint density at radius 2 is 1.94 bits per heavy atom. The van der Waals surface area contributed by atoms with Crippen LogP contribution in [0.3, 0.4) is 0 Å². The van der Waals surface area contributed by atoms with E-state index in [4.69, 9.17) is 4.74 Å². The first kappa shape index (κ1) is 20.0. The lowest BCUT2D eigenvalue weighted by Gasteiger charge is -2.16. The Morgan fingerprint density at radius 1 is 1.13 bits per heavy atom. The molecule has 10 heteroatoms. The highest BCUT2D eigenvalue weighted by molar-refractivity contribution is 5.66. The van der Waals surface area contributed by atoms with E-state index in [1.807, 2.05) is 26.2 Å². The molecule has 0 bridgehead atoms. The maximum absolute atomic E-state index is 13.1. The first-order valence-electron chi connectivity index (χ1n) is 9.47. The van der Waals surface area contributed by atoms with Gasteiger partial charge in [-0.3, -0.25) is 9.36 Å². The highest BCUT2D eigenvalue weighted by Crippen LogP contribution is 2.28. The number of hydrogen-bond donors (Lipinski definition) is 1. The van der Waals surface area contributed by atoms with Crippen LogP contribution in [0.25, 0.3) is 11.1 Å². The Labute approximate surface area is 177 Å². The number of rotatable bonds is 7. The minimum atomic E-state index is -0.409. The average molecular weight is 418 g/mol. The van der Waals surface area contributed by atoms with Gasteiger partial charge in [0.25, 0.3) is 0 Å². The summed E-state index contributed by atoms with van der Waals surface area (Å²) >= 11 is 0. The molecule has 0 aliphatic heterocycles. The van der Waals surface area contributed by atoms with E-state index >= 15 is 0 Å². The molecule has 31 heavy (non-hydrogen) atoms. The van der Waals surface area contributed by atoms with Crippen LogP contribution in [0.15, 0.2) is 55.4 Å².